The quantitative estimate of drug-likeness (QED) is 0.245. The van der Waals surface area contributed by atoms with Crippen LogP contribution in [-0.2, 0) is 24.0 Å². The highest BCUT2D eigenvalue weighted by molar-refractivity contribution is 6.75. The van der Waals surface area contributed by atoms with E-state index in [-0.39, 0.29) is 24.9 Å². The Kier molecular flexibility index (Phi) is 8.49. The first-order valence-corrected chi connectivity index (χ1v) is 6.59. The molecule has 0 rings (SSSR count). The molecule has 0 bridgehead atoms. The van der Waals surface area contributed by atoms with Crippen LogP contribution < -0.4 is 0 Å². The first-order valence-electron chi connectivity index (χ1n) is 6.59. The first-order chi connectivity index (χ1) is 8.99. The van der Waals surface area contributed by atoms with Gasteiger partial charge in [0.05, 0.1) is 5.92 Å². The summed E-state index contributed by atoms with van der Waals surface area (Å²) in [6.07, 6.45) is 3.83. The molecule has 0 aliphatic carbocycles. The maximum Gasteiger partial charge on any atom is 0.272 e. The zero-order chi connectivity index (χ0) is 14.8. The lowest BCUT2D eigenvalue weighted by Crippen LogP contribution is -2.34. The molecule has 5 heteroatoms. The van der Waals surface area contributed by atoms with Crippen LogP contribution in [0.5, 0.6) is 0 Å². The van der Waals surface area contributed by atoms with Gasteiger partial charge in [0.15, 0.2) is 6.29 Å². The second kappa shape index (κ2) is 9.30. The van der Waals surface area contributed by atoms with Crippen molar-refractivity contribution in [2.45, 2.75) is 52.4 Å². The van der Waals surface area contributed by atoms with Crippen LogP contribution in [0.2, 0.25) is 0 Å². The van der Waals surface area contributed by atoms with Crippen molar-refractivity contribution >= 4 is 29.4 Å². The average Bonchev–Trinajstić information content (AvgIpc) is 2.42. The Hall–Kier alpha value is -1.65. The molecule has 0 heterocycles. The Balaban J connectivity index is 4.51. The van der Waals surface area contributed by atoms with Gasteiger partial charge in [0.2, 0.25) is 5.78 Å². The molecule has 0 aromatic rings. The van der Waals surface area contributed by atoms with E-state index in [1.807, 2.05) is 6.92 Å². The van der Waals surface area contributed by atoms with Gasteiger partial charge in [-0.05, 0) is 12.8 Å². The van der Waals surface area contributed by atoms with Crippen LogP contribution in [0, 0.1) is 5.92 Å². The smallest absolute Gasteiger partial charge is 0.272 e. The third-order valence-electron chi connectivity index (χ3n) is 2.94. The van der Waals surface area contributed by atoms with E-state index in [0.29, 0.717) is 6.42 Å². The number of ketones is 4. The van der Waals surface area contributed by atoms with E-state index in [4.69, 9.17) is 0 Å². The fourth-order valence-electron chi connectivity index (χ4n) is 1.79. The van der Waals surface area contributed by atoms with Gasteiger partial charge in [-0.15, -0.1) is 0 Å². The van der Waals surface area contributed by atoms with Gasteiger partial charge in [0, 0.05) is 6.42 Å². The maximum atomic E-state index is 11.8. The fourth-order valence-corrected chi connectivity index (χ4v) is 1.79. The largest absolute Gasteiger partial charge is 0.299 e. The minimum atomic E-state index is -1.39. The number of carbonyl (C=O) groups is 5. The number of hydrogen-bond donors (Lipinski definition) is 0. The summed E-state index contributed by atoms with van der Waals surface area (Å²) in [6, 6.07) is 0. The maximum absolute atomic E-state index is 11.8. The molecule has 0 aliphatic rings. The molecule has 0 aromatic heterocycles. The monoisotopic (exact) mass is 268 g/mol. The van der Waals surface area contributed by atoms with Gasteiger partial charge >= 0.3 is 0 Å². The van der Waals surface area contributed by atoms with Crippen molar-refractivity contribution < 1.29 is 24.0 Å². The molecular weight excluding hydrogens is 248 g/mol. The minimum Gasteiger partial charge on any atom is -0.299 e. The number of aldehydes is 1. The lowest BCUT2D eigenvalue weighted by molar-refractivity contribution is -0.148. The Labute approximate surface area is 112 Å². The summed E-state index contributed by atoms with van der Waals surface area (Å²) < 4.78 is 0. The standard InChI is InChI=1S/C14H20O5/c1-3-5-6-7-8-11(16)10(4-2)13(18)14(19)12(17)9-15/h9-10H,3-8H2,1-2H3. The van der Waals surface area contributed by atoms with Crippen LogP contribution in [0.3, 0.4) is 0 Å². The van der Waals surface area contributed by atoms with Crippen molar-refractivity contribution in [2.24, 2.45) is 5.92 Å². The van der Waals surface area contributed by atoms with Crippen molar-refractivity contribution in [3.63, 3.8) is 0 Å². The van der Waals surface area contributed by atoms with E-state index in [0.717, 1.165) is 19.3 Å². The van der Waals surface area contributed by atoms with Gasteiger partial charge in [0.25, 0.3) is 11.6 Å². The van der Waals surface area contributed by atoms with Crippen LogP contribution in [0.4, 0.5) is 0 Å². The molecule has 106 valence electrons. The summed E-state index contributed by atoms with van der Waals surface area (Å²) in [5, 5.41) is 0. The predicted molar refractivity (Wildman–Crippen MR) is 68.6 cm³/mol. The van der Waals surface area contributed by atoms with Crippen LogP contribution in [0.25, 0.3) is 0 Å². The molecule has 1 unspecified atom stereocenters. The first kappa shape index (κ1) is 17.4. The molecule has 0 saturated heterocycles. The van der Waals surface area contributed by atoms with Gasteiger partial charge in [-0.25, -0.2) is 0 Å². The van der Waals surface area contributed by atoms with Crippen molar-refractivity contribution in [2.75, 3.05) is 0 Å². The Bertz CT molecular complexity index is 370. The van der Waals surface area contributed by atoms with E-state index in [2.05, 4.69) is 0 Å². The highest BCUT2D eigenvalue weighted by Crippen LogP contribution is 2.13. The topological polar surface area (TPSA) is 85.3 Å². The lowest BCUT2D eigenvalue weighted by atomic mass is 9.89. The molecule has 0 aliphatic heterocycles. The van der Waals surface area contributed by atoms with Crippen LogP contribution in [0.1, 0.15) is 52.4 Å². The Morgan fingerprint density at radius 2 is 1.63 bits per heavy atom. The second-order valence-corrected chi connectivity index (χ2v) is 4.41. The van der Waals surface area contributed by atoms with Crippen molar-refractivity contribution in [3.8, 4) is 0 Å². The molecule has 1 atom stereocenters. The van der Waals surface area contributed by atoms with Gasteiger partial charge in [0.1, 0.15) is 5.78 Å². The Morgan fingerprint density at radius 3 is 2.11 bits per heavy atom. The normalized spacial score (nSPS) is 11.7. The zero-order valence-electron chi connectivity index (χ0n) is 11.4. The number of carbonyl (C=O) groups excluding carboxylic acids is 5. The molecule has 0 fully saturated rings. The highest BCUT2D eigenvalue weighted by atomic mass is 16.2. The summed E-state index contributed by atoms with van der Waals surface area (Å²) in [6.45, 7) is 3.65. The van der Waals surface area contributed by atoms with Gasteiger partial charge in [-0.3, -0.25) is 24.0 Å². The third-order valence-corrected chi connectivity index (χ3v) is 2.94. The second-order valence-electron chi connectivity index (χ2n) is 4.41. The summed E-state index contributed by atoms with van der Waals surface area (Å²) in [4.78, 5) is 55.8. The molecule has 19 heavy (non-hydrogen) atoms. The summed E-state index contributed by atoms with van der Waals surface area (Å²) in [7, 11) is 0. The fraction of sp³-hybridized carbons (Fsp3) is 0.643. The minimum absolute atomic E-state index is 0.170. The molecular formula is C14H20O5. The number of rotatable bonds is 11. The van der Waals surface area contributed by atoms with Crippen molar-refractivity contribution in [1.82, 2.24) is 0 Å². The molecule has 0 amide bonds. The van der Waals surface area contributed by atoms with Crippen LogP contribution in [0.15, 0.2) is 0 Å². The SMILES string of the molecule is CCCCCCC(=O)C(CC)C(=O)C(=O)C(=O)C=O. The van der Waals surface area contributed by atoms with E-state index >= 15 is 0 Å². The number of Topliss-reactive ketones (excluding diaryl/α,β-unsaturated/α-hetero) is 4. The molecule has 0 radical (unpaired) electrons. The lowest BCUT2D eigenvalue weighted by Gasteiger charge is -2.10. The van der Waals surface area contributed by atoms with Crippen molar-refractivity contribution in [1.29, 1.82) is 0 Å². The molecule has 0 spiro atoms. The molecule has 0 saturated carbocycles. The van der Waals surface area contributed by atoms with E-state index in [1.54, 1.807) is 6.92 Å². The molecule has 5 nitrogen and oxygen atoms in total. The van der Waals surface area contributed by atoms with Crippen LogP contribution >= 0.6 is 0 Å². The Morgan fingerprint density at radius 1 is 1.00 bits per heavy atom. The average molecular weight is 268 g/mol. The zero-order valence-corrected chi connectivity index (χ0v) is 11.4. The molecule has 0 aromatic carbocycles. The summed E-state index contributed by atoms with van der Waals surface area (Å²) in [5.41, 5.74) is 0. The summed E-state index contributed by atoms with van der Waals surface area (Å²) in [5.74, 6) is -5.24. The number of unbranched alkanes of at least 4 members (excludes halogenated alkanes) is 3. The van der Waals surface area contributed by atoms with Gasteiger partial charge in [-0.2, -0.15) is 0 Å². The molecule has 0 N–H and O–H groups in total. The van der Waals surface area contributed by atoms with Gasteiger partial charge < -0.3 is 0 Å². The van der Waals surface area contributed by atoms with Crippen molar-refractivity contribution in [3.05, 3.63) is 0 Å². The summed E-state index contributed by atoms with van der Waals surface area (Å²) >= 11 is 0. The third kappa shape index (κ3) is 5.68. The number of hydrogen-bond acceptors (Lipinski definition) is 5. The van der Waals surface area contributed by atoms with Crippen LogP contribution in [-0.4, -0.2) is 29.4 Å². The predicted octanol–water partition coefficient (Wildman–Crippen LogP) is 1.46. The highest BCUT2D eigenvalue weighted by Gasteiger charge is 2.32. The van der Waals surface area contributed by atoms with E-state index in [9.17, 15) is 24.0 Å². The van der Waals surface area contributed by atoms with E-state index in [1.165, 1.54) is 0 Å². The van der Waals surface area contributed by atoms with Gasteiger partial charge in [-0.1, -0.05) is 33.1 Å². The van der Waals surface area contributed by atoms with E-state index < -0.39 is 23.3 Å².